The van der Waals surface area contributed by atoms with Gasteiger partial charge in [0.25, 0.3) is 5.91 Å². The Hall–Kier alpha value is -2.40. The minimum atomic E-state index is -0.706. The van der Waals surface area contributed by atoms with Crippen molar-refractivity contribution in [1.82, 2.24) is 10.6 Å². The second-order valence-electron chi connectivity index (χ2n) is 6.48. The average molecular weight is 377 g/mol. The summed E-state index contributed by atoms with van der Waals surface area (Å²) in [4.78, 5) is 25.0. The van der Waals surface area contributed by atoms with E-state index in [-0.39, 0.29) is 17.9 Å². The highest BCUT2D eigenvalue weighted by atomic mass is 35.5. The fourth-order valence-electron chi connectivity index (χ4n) is 2.50. The Balaban J connectivity index is 2.05. The van der Waals surface area contributed by atoms with E-state index in [1.807, 2.05) is 32.9 Å². The third-order valence-corrected chi connectivity index (χ3v) is 4.32. The number of benzene rings is 2. The Kier molecular flexibility index (Phi) is 6.75. The summed E-state index contributed by atoms with van der Waals surface area (Å²) in [6.45, 7) is 5.56. The lowest BCUT2D eigenvalue weighted by atomic mass is 10.0. The van der Waals surface area contributed by atoms with Gasteiger partial charge in [-0.3, -0.25) is 9.59 Å². The van der Waals surface area contributed by atoms with Crippen molar-refractivity contribution in [2.75, 3.05) is 0 Å². The number of hydrogen-bond donors (Lipinski definition) is 2. The van der Waals surface area contributed by atoms with Crippen LogP contribution in [0.15, 0.2) is 48.5 Å². The third kappa shape index (κ3) is 5.30. The smallest absolute Gasteiger partial charge is 0.251 e. The van der Waals surface area contributed by atoms with Crippen LogP contribution in [0, 0.1) is 11.7 Å². The molecule has 2 rings (SSSR count). The summed E-state index contributed by atoms with van der Waals surface area (Å²) in [5.41, 5.74) is 1.21. The molecule has 0 heterocycles. The summed E-state index contributed by atoms with van der Waals surface area (Å²) >= 11 is 5.88. The fraction of sp³-hybridized carbons (Fsp3) is 0.300. The van der Waals surface area contributed by atoms with Crippen LogP contribution in [0.2, 0.25) is 5.02 Å². The molecule has 0 fully saturated rings. The van der Waals surface area contributed by atoms with E-state index in [1.54, 1.807) is 12.1 Å². The van der Waals surface area contributed by atoms with Gasteiger partial charge in [-0.25, -0.2) is 4.39 Å². The number of rotatable bonds is 6. The second-order valence-corrected chi connectivity index (χ2v) is 6.92. The van der Waals surface area contributed by atoms with E-state index >= 15 is 0 Å². The molecule has 0 saturated carbocycles. The van der Waals surface area contributed by atoms with Crippen LogP contribution in [0.4, 0.5) is 4.39 Å². The molecule has 2 aromatic rings. The van der Waals surface area contributed by atoms with Crippen molar-refractivity contribution in [3.05, 3.63) is 70.5 Å². The molecule has 0 aliphatic rings. The number of amides is 2. The quantitative estimate of drug-likeness (QED) is 0.797. The summed E-state index contributed by atoms with van der Waals surface area (Å²) in [5, 5.41) is 6.25. The van der Waals surface area contributed by atoms with E-state index in [1.165, 1.54) is 24.3 Å². The first-order valence-electron chi connectivity index (χ1n) is 8.40. The molecule has 4 nitrogen and oxygen atoms in total. The van der Waals surface area contributed by atoms with E-state index in [0.29, 0.717) is 10.6 Å². The van der Waals surface area contributed by atoms with Crippen LogP contribution in [0.1, 0.15) is 42.7 Å². The molecular weight excluding hydrogens is 355 g/mol. The van der Waals surface area contributed by atoms with Crippen LogP contribution in [0.5, 0.6) is 0 Å². The van der Waals surface area contributed by atoms with Crippen LogP contribution >= 0.6 is 11.6 Å². The molecule has 2 unspecified atom stereocenters. The van der Waals surface area contributed by atoms with Gasteiger partial charge in [-0.15, -0.1) is 0 Å². The standard InChI is InChI=1S/C20H22ClFN2O2/c1-12(2)18(24-19(25)15-6-10-17(22)11-7-15)20(26)23-13(3)14-4-8-16(21)9-5-14/h4-13,18H,1-3H3,(H,23,26)(H,24,25). The average Bonchev–Trinajstić information content (AvgIpc) is 2.60. The van der Waals surface area contributed by atoms with Gasteiger partial charge in [-0.2, -0.15) is 0 Å². The summed E-state index contributed by atoms with van der Waals surface area (Å²) in [6, 6.07) is 11.5. The van der Waals surface area contributed by atoms with Gasteiger partial charge in [0.15, 0.2) is 0 Å². The van der Waals surface area contributed by atoms with Crippen molar-refractivity contribution in [3.8, 4) is 0 Å². The van der Waals surface area contributed by atoms with Gasteiger partial charge in [0.2, 0.25) is 5.91 Å². The third-order valence-electron chi connectivity index (χ3n) is 4.07. The molecule has 2 atom stereocenters. The molecule has 0 saturated heterocycles. The first-order valence-corrected chi connectivity index (χ1v) is 8.78. The molecular formula is C20H22ClFN2O2. The maximum Gasteiger partial charge on any atom is 0.251 e. The van der Waals surface area contributed by atoms with E-state index in [2.05, 4.69) is 10.6 Å². The maximum atomic E-state index is 13.0. The minimum Gasteiger partial charge on any atom is -0.348 e. The molecule has 0 radical (unpaired) electrons. The Bertz CT molecular complexity index is 760. The second kappa shape index (κ2) is 8.81. The lowest BCUT2D eigenvalue weighted by Gasteiger charge is -2.24. The van der Waals surface area contributed by atoms with Crippen molar-refractivity contribution in [3.63, 3.8) is 0 Å². The number of carbonyl (C=O) groups is 2. The van der Waals surface area contributed by atoms with Crippen LogP contribution in [0.3, 0.4) is 0 Å². The lowest BCUT2D eigenvalue weighted by molar-refractivity contribution is -0.124. The van der Waals surface area contributed by atoms with Crippen molar-refractivity contribution in [1.29, 1.82) is 0 Å². The van der Waals surface area contributed by atoms with Crippen molar-refractivity contribution in [2.24, 2.45) is 5.92 Å². The van der Waals surface area contributed by atoms with E-state index < -0.39 is 17.8 Å². The van der Waals surface area contributed by atoms with Gasteiger partial charge in [0, 0.05) is 10.6 Å². The summed E-state index contributed by atoms with van der Waals surface area (Å²) in [5.74, 6) is -1.23. The molecule has 138 valence electrons. The maximum absolute atomic E-state index is 13.0. The van der Waals surface area contributed by atoms with Crippen molar-refractivity contribution < 1.29 is 14.0 Å². The van der Waals surface area contributed by atoms with E-state index in [0.717, 1.165) is 5.56 Å². The zero-order valence-corrected chi connectivity index (χ0v) is 15.7. The van der Waals surface area contributed by atoms with Gasteiger partial charge < -0.3 is 10.6 Å². The number of nitrogens with one attached hydrogen (secondary N) is 2. The normalized spacial score (nSPS) is 13.2. The molecule has 6 heteroatoms. The first-order chi connectivity index (χ1) is 12.3. The molecule has 0 aliphatic heterocycles. The first kappa shape index (κ1) is 19.9. The van der Waals surface area contributed by atoms with Gasteiger partial charge in [0.05, 0.1) is 6.04 Å². The predicted molar refractivity (Wildman–Crippen MR) is 101 cm³/mol. The molecule has 2 aromatic carbocycles. The monoisotopic (exact) mass is 376 g/mol. The molecule has 0 bridgehead atoms. The lowest BCUT2D eigenvalue weighted by Crippen LogP contribution is -2.50. The van der Waals surface area contributed by atoms with Gasteiger partial charge >= 0.3 is 0 Å². The van der Waals surface area contributed by atoms with Gasteiger partial charge in [-0.1, -0.05) is 37.6 Å². The highest BCUT2D eigenvalue weighted by Crippen LogP contribution is 2.17. The minimum absolute atomic E-state index is 0.114. The van der Waals surface area contributed by atoms with Gasteiger partial charge in [0.1, 0.15) is 11.9 Å². The highest BCUT2D eigenvalue weighted by Gasteiger charge is 2.26. The van der Waals surface area contributed by atoms with Crippen LogP contribution < -0.4 is 10.6 Å². The molecule has 0 aromatic heterocycles. The highest BCUT2D eigenvalue weighted by molar-refractivity contribution is 6.30. The molecule has 2 N–H and O–H groups in total. The van der Waals surface area contributed by atoms with Crippen molar-refractivity contribution >= 4 is 23.4 Å². The Labute approximate surface area is 157 Å². The van der Waals surface area contributed by atoms with Crippen LogP contribution in [-0.4, -0.2) is 17.9 Å². The largest absolute Gasteiger partial charge is 0.348 e. The zero-order valence-electron chi connectivity index (χ0n) is 14.9. The zero-order chi connectivity index (χ0) is 19.3. The van der Waals surface area contributed by atoms with E-state index in [9.17, 15) is 14.0 Å². The molecule has 0 spiro atoms. The Morgan fingerprint density at radius 2 is 1.50 bits per heavy atom. The predicted octanol–water partition coefficient (Wildman–Crippen LogP) is 4.11. The summed E-state index contributed by atoms with van der Waals surface area (Å²) in [7, 11) is 0. The molecule has 0 aliphatic carbocycles. The Morgan fingerprint density at radius 1 is 0.923 bits per heavy atom. The summed E-state index contributed by atoms with van der Waals surface area (Å²) < 4.78 is 13.0. The summed E-state index contributed by atoms with van der Waals surface area (Å²) in [6.07, 6.45) is 0. The number of carbonyl (C=O) groups excluding carboxylic acids is 2. The fourth-order valence-corrected chi connectivity index (χ4v) is 2.62. The topological polar surface area (TPSA) is 58.2 Å². The molecule has 26 heavy (non-hydrogen) atoms. The molecule has 2 amide bonds. The number of hydrogen-bond acceptors (Lipinski definition) is 2. The SMILES string of the molecule is CC(NC(=O)C(NC(=O)c1ccc(F)cc1)C(C)C)c1ccc(Cl)cc1. The van der Waals surface area contributed by atoms with Gasteiger partial charge in [-0.05, 0) is 54.8 Å². The van der Waals surface area contributed by atoms with Crippen molar-refractivity contribution in [2.45, 2.75) is 32.9 Å². The van der Waals surface area contributed by atoms with E-state index in [4.69, 9.17) is 11.6 Å². The Morgan fingerprint density at radius 3 is 2.04 bits per heavy atom. The van der Waals surface area contributed by atoms with Crippen LogP contribution in [0.25, 0.3) is 0 Å². The van der Waals surface area contributed by atoms with Crippen LogP contribution in [-0.2, 0) is 4.79 Å². The number of halogens is 2.